The van der Waals surface area contributed by atoms with Crippen molar-refractivity contribution in [3.63, 3.8) is 0 Å². The molecule has 1 fully saturated rings. The maximum absolute atomic E-state index is 12.9. The van der Waals surface area contributed by atoms with Crippen LogP contribution in [0.15, 0.2) is 53.8 Å². The molecule has 172 valence electrons. The average Bonchev–Trinajstić information content (AvgIpc) is 3.21. The molecular weight excluding hydrogens is 424 g/mol. The van der Waals surface area contributed by atoms with E-state index in [-0.39, 0.29) is 31.2 Å². The first-order valence-corrected chi connectivity index (χ1v) is 10.9. The lowest BCUT2D eigenvalue weighted by atomic mass is 10.0. The van der Waals surface area contributed by atoms with Crippen LogP contribution in [-0.2, 0) is 14.4 Å². The Morgan fingerprint density at radius 1 is 1.27 bits per heavy atom. The van der Waals surface area contributed by atoms with Crippen molar-refractivity contribution in [1.82, 2.24) is 15.6 Å². The van der Waals surface area contributed by atoms with Crippen LogP contribution in [0.4, 0.5) is 11.4 Å². The SMILES string of the molecule is O=C(O)CC(NC(=O)C1CC(=O)N(c2cccc(NC3=NCCCN3)c2)C1)c1cccnc1. The number of pyridine rings is 1. The van der Waals surface area contributed by atoms with Crippen molar-refractivity contribution in [2.45, 2.75) is 25.3 Å². The van der Waals surface area contributed by atoms with Crippen LogP contribution < -0.4 is 20.9 Å². The zero-order chi connectivity index (χ0) is 23.2. The van der Waals surface area contributed by atoms with E-state index < -0.39 is 17.9 Å². The lowest BCUT2D eigenvalue weighted by molar-refractivity contribution is -0.138. The molecule has 2 amide bonds. The molecule has 3 heterocycles. The number of hydrogen-bond acceptors (Lipinski definition) is 7. The van der Waals surface area contributed by atoms with E-state index in [0.29, 0.717) is 17.2 Å². The fraction of sp³-hybridized carbons (Fsp3) is 0.348. The second-order valence-corrected chi connectivity index (χ2v) is 8.04. The normalized spacial score (nSPS) is 18.8. The highest BCUT2D eigenvalue weighted by Crippen LogP contribution is 2.28. The zero-order valence-corrected chi connectivity index (χ0v) is 18.0. The van der Waals surface area contributed by atoms with Gasteiger partial charge in [-0.2, -0.15) is 0 Å². The van der Waals surface area contributed by atoms with Crippen molar-refractivity contribution in [1.29, 1.82) is 0 Å². The average molecular weight is 450 g/mol. The van der Waals surface area contributed by atoms with Gasteiger partial charge in [-0.05, 0) is 36.2 Å². The lowest BCUT2D eigenvalue weighted by Gasteiger charge is -2.21. The molecule has 4 rings (SSSR count). The second-order valence-electron chi connectivity index (χ2n) is 8.04. The molecule has 0 aliphatic carbocycles. The first kappa shape index (κ1) is 22.3. The third-order valence-electron chi connectivity index (χ3n) is 5.60. The van der Waals surface area contributed by atoms with Gasteiger partial charge in [0, 0.05) is 49.8 Å². The Morgan fingerprint density at radius 3 is 2.88 bits per heavy atom. The van der Waals surface area contributed by atoms with E-state index in [1.807, 2.05) is 24.3 Å². The molecule has 1 aromatic carbocycles. The van der Waals surface area contributed by atoms with E-state index in [0.717, 1.165) is 25.2 Å². The van der Waals surface area contributed by atoms with Crippen LogP contribution in [0.25, 0.3) is 0 Å². The third kappa shape index (κ3) is 5.65. The summed E-state index contributed by atoms with van der Waals surface area (Å²) in [6.07, 6.45) is 3.89. The highest BCUT2D eigenvalue weighted by molar-refractivity contribution is 6.01. The van der Waals surface area contributed by atoms with Gasteiger partial charge in [0.25, 0.3) is 0 Å². The first-order chi connectivity index (χ1) is 16.0. The smallest absolute Gasteiger partial charge is 0.305 e. The number of carboxylic acid groups (broad SMARTS) is 1. The Balaban J connectivity index is 1.43. The molecule has 33 heavy (non-hydrogen) atoms. The number of rotatable bonds is 7. The van der Waals surface area contributed by atoms with Crippen LogP contribution in [0, 0.1) is 5.92 Å². The Kier molecular flexibility index (Phi) is 6.82. The Bertz CT molecular complexity index is 1060. The molecule has 2 aliphatic heterocycles. The van der Waals surface area contributed by atoms with E-state index in [4.69, 9.17) is 0 Å². The minimum Gasteiger partial charge on any atom is -0.481 e. The highest BCUT2D eigenvalue weighted by Gasteiger charge is 2.36. The van der Waals surface area contributed by atoms with Gasteiger partial charge in [0.1, 0.15) is 0 Å². The van der Waals surface area contributed by atoms with Crippen molar-refractivity contribution < 1.29 is 19.5 Å². The molecular formula is C23H26N6O4. The predicted molar refractivity (Wildman–Crippen MR) is 123 cm³/mol. The summed E-state index contributed by atoms with van der Waals surface area (Å²) in [4.78, 5) is 46.9. The van der Waals surface area contributed by atoms with Crippen molar-refractivity contribution in [3.8, 4) is 0 Å². The molecule has 4 N–H and O–H groups in total. The molecule has 1 saturated heterocycles. The number of nitrogens with zero attached hydrogens (tertiary/aromatic N) is 3. The number of anilines is 2. The summed E-state index contributed by atoms with van der Waals surface area (Å²) in [5.41, 5.74) is 2.08. The molecule has 2 unspecified atom stereocenters. The van der Waals surface area contributed by atoms with E-state index in [1.165, 1.54) is 6.20 Å². The summed E-state index contributed by atoms with van der Waals surface area (Å²) < 4.78 is 0. The monoisotopic (exact) mass is 450 g/mol. The van der Waals surface area contributed by atoms with E-state index >= 15 is 0 Å². The van der Waals surface area contributed by atoms with Gasteiger partial charge in [-0.3, -0.25) is 24.4 Å². The summed E-state index contributed by atoms with van der Waals surface area (Å²) in [5.74, 6) is -1.42. The highest BCUT2D eigenvalue weighted by atomic mass is 16.4. The molecule has 2 aliphatic rings. The second kappa shape index (κ2) is 10.1. The molecule has 0 saturated carbocycles. The largest absolute Gasteiger partial charge is 0.481 e. The minimum atomic E-state index is -1.03. The van der Waals surface area contributed by atoms with Crippen LogP contribution in [0.1, 0.15) is 30.9 Å². The molecule has 0 radical (unpaired) electrons. The quantitative estimate of drug-likeness (QED) is 0.502. The van der Waals surface area contributed by atoms with Gasteiger partial charge < -0.3 is 26.0 Å². The fourth-order valence-electron chi connectivity index (χ4n) is 3.94. The Labute approximate surface area is 191 Å². The van der Waals surface area contributed by atoms with Gasteiger partial charge in [-0.15, -0.1) is 0 Å². The van der Waals surface area contributed by atoms with Gasteiger partial charge in [-0.25, -0.2) is 0 Å². The molecule has 0 bridgehead atoms. The van der Waals surface area contributed by atoms with Crippen molar-refractivity contribution in [2.75, 3.05) is 29.9 Å². The number of guanidine groups is 1. The summed E-state index contributed by atoms with van der Waals surface area (Å²) in [5, 5.41) is 18.4. The van der Waals surface area contributed by atoms with Gasteiger partial charge in [0.05, 0.1) is 18.4 Å². The van der Waals surface area contributed by atoms with Crippen LogP contribution in [0.3, 0.4) is 0 Å². The number of aliphatic carboxylic acids is 1. The fourth-order valence-corrected chi connectivity index (χ4v) is 3.94. The van der Waals surface area contributed by atoms with Gasteiger partial charge in [0.15, 0.2) is 5.96 Å². The number of nitrogens with one attached hydrogen (secondary N) is 3. The first-order valence-electron chi connectivity index (χ1n) is 10.9. The third-order valence-corrected chi connectivity index (χ3v) is 5.60. The van der Waals surface area contributed by atoms with E-state index in [2.05, 4.69) is 25.9 Å². The van der Waals surface area contributed by atoms with Gasteiger partial charge in [0.2, 0.25) is 11.8 Å². The maximum Gasteiger partial charge on any atom is 0.305 e. The number of benzene rings is 1. The number of carbonyl (C=O) groups excluding carboxylic acids is 2. The van der Waals surface area contributed by atoms with E-state index in [9.17, 15) is 19.5 Å². The van der Waals surface area contributed by atoms with Crippen molar-refractivity contribution >= 4 is 35.1 Å². The summed E-state index contributed by atoms with van der Waals surface area (Å²) in [6, 6.07) is 10.1. The number of carbonyl (C=O) groups is 3. The van der Waals surface area contributed by atoms with Crippen LogP contribution >= 0.6 is 0 Å². The number of hydrogen-bond donors (Lipinski definition) is 4. The zero-order valence-electron chi connectivity index (χ0n) is 18.0. The summed E-state index contributed by atoms with van der Waals surface area (Å²) in [6.45, 7) is 1.84. The Morgan fingerprint density at radius 2 is 2.15 bits per heavy atom. The standard InChI is InChI=1S/C23H26N6O4/c30-20-10-16(22(33)28-19(12-21(31)32)15-4-2-7-24-13-15)14-29(20)18-6-1-5-17(11-18)27-23-25-8-3-9-26-23/h1-2,4-7,11,13,16,19H,3,8-10,12,14H2,(H,28,33)(H,31,32)(H2,25,26,27). The number of carboxylic acids is 1. The molecule has 10 heteroatoms. The molecule has 2 atom stereocenters. The minimum absolute atomic E-state index is 0.0601. The number of aromatic nitrogens is 1. The molecule has 0 spiro atoms. The summed E-state index contributed by atoms with van der Waals surface area (Å²) in [7, 11) is 0. The molecule has 1 aromatic heterocycles. The van der Waals surface area contributed by atoms with Gasteiger partial charge >= 0.3 is 5.97 Å². The molecule has 2 aromatic rings. The van der Waals surface area contributed by atoms with Crippen LogP contribution in [-0.4, -0.2) is 53.5 Å². The van der Waals surface area contributed by atoms with Crippen molar-refractivity contribution in [2.24, 2.45) is 10.9 Å². The van der Waals surface area contributed by atoms with Crippen molar-refractivity contribution in [3.05, 3.63) is 54.4 Å². The van der Waals surface area contributed by atoms with Crippen LogP contribution in [0.5, 0.6) is 0 Å². The van der Waals surface area contributed by atoms with Crippen LogP contribution in [0.2, 0.25) is 0 Å². The Hall–Kier alpha value is -3.95. The van der Waals surface area contributed by atoms with E-state index in [1.54, 1.807) is 23.2 Å². The number of amides is 2. The van der Waals surface area contributed by atoms with Gasteiger partial charge in [-0.1, -0.05) is 12.1 Å². The topological polar surface area (TPSA) is 136 Å². The molecule has 10 nitrogen and oxygen atoms in total. The number of aliphatic imine (C=N–C) groups is 1. The lowest BCUT2D eigenvalue weighted by Crippen LogP contribution is -2.36. The summed E-state index contributed by atoms with van der Waals surface area (Å²) >= 11 is 0. The maximum atomic E-state index is 12.9. The predicted octanol–water partition coefficient (Wildman–Crippen LogP) is 1.53.